The molecule has 4 rings (SSSR count). The van der Waals surface area contributed by atoms with Gasteiger partial charge in [0, 0.05) is 22.1 Å². The Morgan fingerprint density at radius 2 is 1.52 bits per heavy atom. The summed E-state index contributed by atoms with van der Waals surface area (Å²) in [5.41, 5.74) is 4.23. The minimum absolute atomic E-state index is 0.113. The first-order valence-corrected chi connectivity index (χ1v) is 10.4. The van der Waals surface area contributed by atoms with Gasteiger partial charge in [-0.25, -0.2) is 0 Å². The van der Waals surface area contributed by atoms with E-state index in [9.17, 15) is 9.59 Å². The van der Waals surface area contributed by atoms with Crippen molar-refractivity contribution in [2.75, 3.05) is 30.8 Å². The molecule has 1 aromatic heterocycles. The van der Waals surface area contributed by atoms with Crippen LogP contribution < -0.4 is 15.5 Å². The number of likely N-dealkylation sites (N-methyl/N-ethyl adjacent to an activating group) is 1. The number of hydrogen-bond acceptors (Lipinski definition) is 3. The second-order valence-corrected chi connectivity index (χ2v) is 7.73. The van der Waals surface area contributed by atoms with E-state index in [2.05, 4.69) is 17.6 Å². The Labute approximate surface area is 180 Å². The maximum atomic E-state index is 12.5. The van der Waals surface area contributed by atoms with Crippen LogP contribution in [-0.2, 0) is 16.0 Å². The molecule has 0 aliphatic carbocycles. The van der Waals surface area contributed by atoms with Gasteiger partial charge in [0.2, 0.25) is 0 Å². The maximum absolute atomic E-state index is 12.5. The number of amides is 2. The van der Waals surface area contributed by atoms with E-state index in [1.165, 1.54) is 0 Å². The van der Waals surface area contributed by atoms with Crippen molar-refractivity contribution in [3.63, 3.8) is 0 Å². The molecule has 0 spiro atoms. The highest BCUT2D eigenvalue weighted by Gasteiger charge is 2.16. The Kier molecular flexibility index (Phi) is 6.00. The Hall–Kier alpha value is -3.64. The summed E-state index contributed by atoms with van der Waals surface area (Å²) in [6, 6.07) is 21.2. The molecule has 31 heavy (non-hydrogen) atoms. The fraction of sp³-hybridized carbons (Fsp3) is 0.200. The number of quaternary nitrogens is 1. The first-order chi connectivity index (χ1) is 15.0. The highest BCUT2D eigenvalue weighted by atomic mass is 16.3. The zero-order chi connectivity index (χ0) is 21.8. The summed E-state index contributed by atoms with van der Waals surface area (Å²) >= 11 is 0. The van der Waals surface area contributed by atoms with Crippen molar-refractivity contribution in [2.45, 2.75) is 13.3 Å². The minimum Gasteiger partial charge on any atom is -0.456 e. The first kappa shape index (κ1) is 20.6. The SMILES string of the molecule is CCc1ccccc1NC(=O)C[NH+](C)CC(=O)Nc1ccc2oc3ccccc3c2c1. The Morgan fingerprint density at radius 3 is 2.32 bits per heavy atom. The fourth-order valence-electron chi connectivity index (χ4n) is 3.76. The van der Waals surface area contributed by atoms with Gasteiger partial charge in [-0.15, -0.1) is 0 Å². The van der Waals surface area contributed by atoms with Gasteiger partial charge in [-0.3, -0.25) is 9.59 Å². The van der Waals surface area contributed by atoms with Crippen molar-refractivity contribution < 1.29 is 18.9 Å². The number of furan rings is 1. The molecule has 158 valence electrons. The summed E-state index contributed by atoms with van der Waals surface area (Å²) < 4.78 is 5.82. The number of fused-ring (bicyclic) bond motifs is 3. The predicted molar refractivity (Wildman–Crippen MR) is 123 cm³/mol. The van der Waals surface area contributed by atoms with Crippen LogP contribution in [0.1, 0.15) is 12.5 Å². The van der Waals surface area contributed by atoms with Crippen molar-refractivity contribution >= 4 is 45.1 Å². The predicted octanol–water partition coefficient (Wildman–Crippen LogP) is 3.24. The van der Waals surface area contributed by atoms with Crippen molar-refractivity contribution in [1.29, 1.82) is 0 Å². The fourth-order valence-corrected chi connectivity index (χ4v) is 3.76. The Bertz CT molecular complexity index is 1250. The number of aryl methyl sites for hydroxylation is 1. The maximum Gasteiger partial charge on any atom is 0.279 e. The van der Waals surface area contributed by atoms with Crippen LogP contribution >= 0.6 is 0 Å². The Balaban J connectivity index is 1.36. The smallest absolute Gasteiger partial charge is 0.279 e. The second kappa shape index (κ2) is 9.02. The monoisotopic (exact) mass is 416 g/mol. The summed E-state index contributed by atoms with van der Waals surface area (Å²) in [5.74, 6) is -0.260. The molecule has 0 radical (unpaired) electrons. The van der Waals surface area contributed by atoms with Gasteiger partial charge in [0.25, 0.3) is 11.8 Å². The Morgan fingerprint density at radius 1 is 0.839 bits per heavy atom. The van der Waals surface area contributed by atoms with Gasteiger partial charge in [-0.05, 0) is 42.3 Å². The van der Waals surface area contributed by atoms with E-state index in [1.807, 2.05) is 73.8 Å². The van der Waals surface area contributed by atoms with Gasteiger partial charge in [0.1, 0.15) is 11.2 Å². The molecule has 4 aromatic rings. The lowest BCUT2D eigenvalue weighted by atomic mass is 10.1. The molecule has 6 heteroatoms. The summed E-state index contributed by atoms with van der Waals surface area (Å²) in [5, 5.41) is 7.85. The van der Waals surface area contributed by atoms with Crippen LogP contribution in [0.5, 0.6) is 0 Å². The van der Waals surface area contributed by atoms with Crippen molar-refractivity contribution in [1.82, 2.24) is 0 Å². The lowest BCUT2D eigenvalue weighted by Crippen LogP contribution is -3.11. The summed E-state index contributed by atoms with van der Waals surface area (Å²) in [4.78, 5) is 25.7. The lowest BCUT2D eigenvalue weighted by molar-refractivity contribution is -0.862. The van der Waals surface area contributed by atoms with E-state index in [4.69, 9.17) is 4.42 Å². The van der Waals surface area contributed by atoms with Crippen LogP contribution in [0.2, 0.25) is 0 Å². The summed E-state index contributed by atoms with van der Waals surface area (Å²) in [6.45, 7) is 2.44. The van der Waals surface area contributed by atoms with Crippen molar-refractivity contribution in [3.05, 3.63) is 72.3 Å². The van der Waals surface area contributed by atoms with Gasteiger partial charge in [0.15, 0.2) is 13.1 Å². The van der Waals surface area contributed by atoms with E-state index < -0.39 is 0 Å². The number of rotatable bonds is 7. The quantitative estimate of drug-likeness (QED) is 0.433. The standard InChI is InChI=1S/C25H25N3O3/c1-3-17-8-4-6-10-21(17)27-25(30)16-28(2)15-24(29)26-18-12-13-23-20(14-18)19-9-5-7-11-22(19)31-23/h4-14H,3,15-16H2,1-2H3,(H,26,29)(H,27,30)/p+1. The summed E-state index contributed by atoms with van der Waals surface area (Å²) in [6.07, 6.45) is 0.845. The molecule has 1 atom stereocenters. The number of carbonyl (C=O) groups excluding carboxylic acids is 2. The third-order valence-corrected chi connectivity index (χ3v) is 5.26. The van der Waals surface area contributed by atoms with E-state index in [-0.39, 0.29) is 24.9 Å². The normalized spacial score (nSPS) is 12.1. The summed E-state index contributed by atoms with van der Waals surface area (Å²) in [7, 11) is 1.83. The average Bonchev–Trinajstić information content (AvgIpc) is 3.12. The van der Waals surface area contributed by atoms with Crippen LogP contribution in [0.3, 0.4) is 0 Å². The van der Waals surface area contributed by atoms with E-state index in [0.717, 1.165) is 44.5 Å². The van der Waals surface area contributed by atoms with Gasteiger partial charge in [-0.2, -0.15) is 0 Å². The van der Waals surface area contributed by atoms with Crippen molar-refractivity contribution in [2.24, 2.45) is 0 Å². The topological polar surface area (TPSA) is 75.8 Å². The molecule has 0 aliphatic heterocycles. The van der Waals surface area contributed by atoms with Gasteiger partial charge in [0.05, 0.1) is 7.05 Å². The molecule has 3 N–H and O–H groups in total. The number of anilines is 2. The molecule has 0 fully saturated rings. The first-order valence-electron chi connectivity index (χ1n) is 10.4. The molecular formula is C25H26N3O3+. The number of carbonyl (C=O) groups is 2. The van der Waals surface area contributed by atoms with E-state index in [1.54, 1.807) is 0 Å². The van der Waals surface area contributed by atoms with Crippen LogP contribution in [0.15, 0.2) is 71.1 Å². The molecule has 3 aromatic carbocycles. The van der Waals surface area contributed by atoms with Gasteiger partial charge < -0.3 is 20.0 Å². The molecule has 0 aliphatic rings. The number of benzene rings is 3. The van der Waals surface area contributed by atoms with Crippen LogP contribution in [0.4, 0.5) is 11.4 Å². The molecule has 6 nitrogen and oxygen atoms in total. The molecule has 0 saturated carbocycles. The number of para-hydroxylation sites is 2. The van der Waals surface area contributed by atoms with Gasteiger partial charge >= 0.3 is 0 Å². The molecule has 2 amide bonds. The number of nitrogens with one attached hydrogen (secondary N) is 3. The largest absolute Gasteiger partial charge is 0.456 e. The van der Waals surface area contributed by atoms with Crippen LogP contribution in [0.25, 0.3) is 21.9 Å². The highest BCUT2D eigenvalue weighted by Crippen LogP contribution is 2.30. The molecule has 0 saturated heterocycles. The number of hydrogen-bond donors (Lipinski definition) is 3. The second-order valence-electron chi connectivity index (χ2n) is 7.73. The average molecular weight is 417 g/mol. The third kappa shape index (κ3) is 4.75. The highest BCUT2D eigenvalue weighted by molar-refractivity contribution is 6.07. The van der Waals surface area contributed by atoms with Crippen LogP contribution in [0, 0.1) is 0 Å². The molecule has 0 bridgehead atoms. The minimum atomic E-state index is -0.147. The zero-order valence-corrected chi connectivity index (χ0v) is 17.7. The van der Waals surface area contributed by atoms with Crippen LogP contribution in [-0.4, -0.2) is 32.0 Å². The lowest BCUT2D eigenvalue weighted by Gasteiger charge is -2.15. The molecular weight excluding hydrogens is 390 g/mol. The van der Waals surface area contributed by atoms with E-state index >= 15 is 0 Å². The van der Waals surface area contributed by atoms with Crippen molar-refractivity contribution in [3.8, 4) is 0 Å². The van der Waals surface area contributed by atoms with E-state index in [0.29, 0.717) is 5.69 Å². The zero-order valence-electron chi connectivity index (χ0n) is 17.7. The third-order valence-electron chi connectivity index (χ3n) is 5.26. The molecule has 1 heterocycles. The van der Waals surface area contributed by atoms with Gasteiger partial charge in [-0.1, -0.05) is 43.3 Å². The molecule has 1 unspecified atom stereocenters.